The van der Waals surface area contributed by atoms with Gasteiger partial charge in [-0.2, -0.15) is 0 Å². The Balaban J connectivity index is 2.09. The van der Waals surface area contributed by atoms with Crippen molar-refractivity contribution in [2.75, 3.05) is 6.54 Å². The molecule has 1 aromatic heterocycles. The average Bonchev–Trinajstić information content (AvgIpc) is 2.84. The fourth-order valence-corrected chi connectivity index (χ4v) is 3.13. The summed E-state index contributed by atoms with van der Waals surface area (Å²) in [5.41, 5.74) is -0.0153. The molecule has 190 valence electrons. The minimum atomic E-state index is -0.522. The van der Waals surface area contributed by atoms with Gasteiger partial charge in [-0.3, -0.25) is 14.6 Å². The maximum atomic E-state index is 12.3. The summed E-state index contributed by atoms with van der Waals surface area (Å²) in [6, 6.07) is 3.43. The van der Waals surface area contributed by atoms with Gasteiger partial charge in [0.25, 0.3) is 5.91 Å². The van der Waals surface area contributed by atoms with Gasteiger partial charge in [0.05, 0.1) is 11.1 Å². The van der Waals surface area contributed by atoms with Crippen molar-refractivity contribution in [3.63, 3.8) is 0 Å². The van der Waals surface area contributed by atoms with Crippen molar-refractivity contribution in [1.82, 2.24) is 15.6 Å². The lowest BCUT2D eigenvalue weighted by atomic mass is 10.0. The molecule has 1 rings (SSSR count). The highest BCUT2D eigenvalue weighted by Crippen LogP contribution is 2.05. The maximum absolute atomic E-state index is 12.3. The molecule has 0 spiro atoms. The molecule has 5 heteroatoms. The number of unbranched alkanes of at least 4 members (excludes halogenated alkanes) is 1. The summed E-state index contributed by atoms with van der Waals surface area (Å²) in [5, 5.41) is 5.85. The average molecular weight is 478 g/mol. The van der Waals surface area contributed by atoms with Crippen LogP contribution >= 0.6 is 0 Å². The third-order valence-corrected chi connectivity index (χ3v) is 5.02. The molecule has 0 aliphatic carbocycles. The molecule has 0 bridgehead atoms. The van der Waals surface area contributed by atoms with Crippen LogP contribution in [0.25, 0.3) is 0 Å². The van der Waals surface area contributed by atoms with Gasteiger partial charge >= 0.3 is 0 Å². The molecule has 5 nitrogen and oxygen atoms in total. The number of nitrogens with zero attached hydrogens (tertiary/aromatic N) is 1. The van der Waals surface area contributed by atoms with Gasteiger partial charge in [0.1, 0.15) is 0 Å². The van der Waals surface area contributed by atoms with E-state index in [4.69, 9.17) is 0 Å². The monoisotopic (exact) mass is 477 g/mol. The number of pyridine rings is 1. The number of hydrogen-bond acceptors (Lipinski definition) is 3. The zero-order valence-electron chi connectivity index (χ0n) is 21.7. The van der Waals surface area contributed by atoms with Crippen LogP contribution in [0.4, 0.5) is 0 Å². The molecule has 0 radical (unpaired) electrons. The number of allylic oxidation sites excluding steroid dienone is 10. The van der Waals surface area contributed by atoms with Crippen molar-refractivity contribution in [2.45, 2.75) is 77.7 Å². The standard InChI is InChI=1S/C30H43N3O2/c1-4-5-6-7-8-9-10-11-12-13-14-15-16-17-18-19-20-23-28(34)33-30(2,3)26-32-29(35)27-22-21-24-31-25-27/h5-6,8-9,11-12,14-15,17-18,21-22,24-25H,4,7,10,13,16,19-20,23,26H2,1-3H3,(H,32,35)(H,33,34)/b6-5-,9-8-,12-11-,15-14-,18-17-. The molecule has 0 saturated heterocycles. The van der Waals surface area contributed by atoms with Crippen molar-refractivity contribution >= 4 is 11.8 Å². The predicted molar refractivity (Wildman–Crippen MR) is 147 cm³/mol. The van der Waals surface area contributed by atoms with Crippen LogP contribution in [0.15, 0.2) is 85.3 Å². The molecule has 1 aromatic rings. The smallest absolute Gasteiger partial charge is 0.252 e. The van der Waals surface area contributed by atoms with Gasteiger partial charge in [-0.15, -0.1) is 0 Å². The Morgan fingerprint density at radius 3 is 2.00 bits per heavy atom. The molecule has 0 aliphatic rings. The van der Waals surface area contributed by atoms with E-state index in [0.29, 0.717) is 18.5 Å². The van der Waals surface area contributed by atoms with Crippen LogP contribution in [0.1, 0.15) is 82.5 Å². The van der Waals surface area contributed by atoms with Gasteiger partial charge in [0.15, 0.2) is 0 Å². The van der Waals surface area contributed by atoms with Gasteiger partial charge < -0.3 is 10.6 Å². The van der Waals surface area contributed by atoms with Crippen LogP contribution in [0, 0.1) is 0 Å². The highest BCUT2D eigenvalue weighted by molar-refractivity contribution is 5.93. The van der Waals surface area contributed by atoms with E-state index >= 15 is 0 Å². The van der Waals surface area contributed by atoms with Crippen molar-refractivity contribution < 1.29 is 9.59 Å². The number of nitrogens with one attached hydrogen (secondary N) is 2. The lowest BCUT2D eigenvalue weighted by molar-refractivity contribution is -0.122. The van der Waals surface area contributed by atoms with E-state index in [1.54, 1.807) is 18.3 Å². The molecular weight excluding hydrogens is 434 g/mol. The molecule has 2 amide bonds. The molecule has 1 heterocycles. The van der Waals surface area contributed by atoms with Crippen LogP contribution in [0.3, 0.4) is 0 Å². The third kappa shape index (κ3) is 17.0. The molecule has 0 aromatic carbocycles. The summed E-state index contributed by atoms with van der Waals surface area (Å²) >= 11 is 0. The minimum Gasteiger partial charge on any atom is -0.350 e. The van der Waals surface area contributed by atoms with Gasteiger partial charge in [-0.1, -0.05) is 67.7 Å². The summed E-state index contributed by atoms with van der Waals surface area (Å²) in [4.78, 5) is 28.3. The molecular formula is C30H43N3O2. The normalized spacial score (nSPS) is 12.5. The first-order valence-corrected chi connectivity index (χ1v) is 12.7. The molecule has 0 saturated carbocycles. The lowest BCUT2D eigenvalue weighted by Crippen LogP contribution is -2.51. The van der Waals surface area contributed by atoms with E-state index in [1.807, 2.05) is 13.8 Å². The van der Waals surface area contributed by atoms with Crippen LogP contribution in [0.5, 0.6) is 0 Å². The first-order valence-electron chi connectivity index (χ1n) is 12.7. The number of carbonyl (C=O) groups is 2. The number of rotatable bonds is 17. The largest absolute Gasteiger partial charge is 0.350 e. The van der Waals surface area contributed by atoms with E-state index in [2.05, 4.69) is 83.3 Å². The van der Waals surface area contributed by atoms with Crippen LogP contribution in [-0.2, 0) is 4.79 Å². The molecule has 0 aliphatic heterocycles. The minimum absolute atomic E-state index is 0.00187. The summed E-state index contributed by atoms with van der Waals surface area (Å²) in [6.45, 7) is 6.30. The molecule has 0 fully saturated rings. The highest BCUT2D eigenvalue weighted by atomic mass is 16.2. The molecule has 0 unspecified atom stereocenters. The molecule has 2 N–H and O–H groups in total. The number of aromatic nitrogens is 1. The summed E-state index contributed by atoms with van der Waals surface area (Å²) in [7, 11) is 0. The van der Waals surface area contributed by atoms with Gasteiger partial charge in [0, 0.05) is 25.4 Å². The fourth-order valence-electron chi connectivity index (χ4n) is 3.13. The third-order valence-electron chi connectivity index (χ3n) is 5.02. The van der Waals surface area contributed by atoms with Crippen molar-refractivity contribution in [1.29, 1.82) is 0 Å². The summed E-state index contributed by atoms with van der Waals surface area (Å²) in [6.07, 6.45) is 32.0. The number of hydrogen-bond donors (Lipinski definition) is 2. The van der Waals surface area contributed by atoms with Crippen LogP contribution in [0.2, 0.25) is 0 Å². The van der Waals surface area contributed by atoms with Crippen molar-refractivity contribution in [3.8, 4) is 0 Å². The predicted octanol–water partition coefficient (Wildman–Crippen LogP) is 6.63. The van der Waals surface area contributed by atoms with Crippen molar-refractivity contribution in [2.24, 2.45) is 0 Å². The second-order valence-electron chi connectivity index (χ2n) is 8.96. The Labute approximate surface area is 212 Å². The quantitative estimate of drug-likeness (QED) is 0.195. The van der Waals surface area contributed by atoms with E-state index in [0.717, 1.165) is 44.9 Å². The van der Waals surface area contributed by atoms with Gasteiger partial charge in [-0.05, 0) is 70.9 Å². The number of carbonyl (C=O) groups excluding carboxylic acids is 2. The van der Waals surface area contributed by atoms with E-state index < -0.39 is 5.54 Å². The van der Waals surface area contributed by atoms with Crippen molar-refractivity contribution in [3.05, 3.63) is 90.9 Å². The SMILES string of the molecule is CC/C=C\C/C=C\C/C=C\C/C=C\C/C=C\CCCC(=O)NC(C)(C)CNC(=O)c1cccnc1. The Bertz CT molecular complexity index is 865. The van der Waals surface area contributed by atoms with Gasteiger partial charge in [0.2, 0.25) is 5.91 Å². The summed E-state index contributed by atoms with van der Waals surface area (Å²) in [5.74, 6) is -0.197. The maximum Gasteiger partial charge on any atom is 0.252 e. The van der Waals surface area contributed by atoms with Gasteiger partial charge in [-0.25, -0.2) is 0 Å². The first kappa shape index (κ1) is 29.8. The second-order valence-corrected chi connectivity index (χ2v) is 8.96. The Kier molecular flexibility index (Phi) is 16.3. The van der Waals surface area contributed by atoms with E-state index in [9.17, 15) is 9.59 Å². The Morgan fingerprint density at radius 1 is 0.886 bits per heavy atom. The molecule has 35 heavy (non-hydrogen) atoms. The van der Waals surface area contributed by atoms with E-state index in [-0.39, 0.29) is 11.8 Å². The highest BCUT2D eigenvalue weighted by Gasteiger charge is 2.21. The topological polar surface area (TPSA) is 71.1 Å². The lowest BCUT2D eigenvalue weighted by Gasteiger charge is -2.26. The summed E-state index contributed by atoms with van der Waals surface area (Å²) < 4.78 is 0. The zero-order chi connectivity index (χ0) is 25.6. The first-order chi connectivity index (χ1) is 16.9. The van der Waals surface area contributed by atoms with Crippen LogP contribution in [-0.4, -0.2) is 28.9 Å². The Hall–Kier alpha value is -3.21. The zero-order valence-corrected chi connectivity index (χ0v) is 21.7. The second kappa shape index (κ2) is 19.1. The van der Waals surface area contributed by atoms with Crippen LogP contribution < -0.4 is 10.6 Å². The van der Waals surface area contributed by atoms with E-state index in [1.165, 1.54) is 6.20 Å². The number of amides is 2. The fraction of sp³-hybridized carbons (Fsp3) is 0.433. The Morgan fingerprint density at radius 2 is 1.46 bits per heavy atom. The molecule has 0 atom stereocenters.